The normalized spacial score (nSPS) is 12.6. The summed E-state index contributed by atoms with van der Waals surface area (Å²) in [7, 11) is 1.02. The fraction of sp³-hybridized carbons (Fsp3) is 0.538. The molecule has 1 aromatic carbocycles. The van der Waals surface area contributed by atoms with Crippen LogP contribution < -0.4 is 0 Å². The molecule has 0 saturated carbocycles. The van der Waals surface area contributed by atoms with Crippen LogP contribution in [0.15, 0.2) is 18.2 Å². The lowest BCUT2D eigenvalue weighted by atomic mass is 9.99. The molecule has 2 nitrogen and oxygen atoms in total. The third kappa shape index (κ3) is 4.22. The average Bonchev–Trinajstić information content (AvgIpc) is 2.32. The number of hydrogen-bond donors (Lipinski definition) is 1. The molecule has 0 heterocycles. The van der Waals surface area contributed by atoms with E-state index in [2.05, 4.69) is 4.74 Å². The maximum Gasteiger partial charge on any atom is 0.418 e. The van der Waals surface area contributed by atoms with E-state index in [4.69, 9.17) is 0 Å². The monoisotopic (exact) mass is 264 g/mol. The van der Waals surface area contributed by atoms with Crippen molar-refractivity contribution in [2.45, 2.75) is 39.5 Å². The van der Waals surface area contributed by atoms with Crippen LogP contribution in [-0.2, 0) is 11.2 Å². The predicted molar refractivity (Wildman–Crippen MR) is 64.6 cm³/mol. The number of hydrogen-bond acceptors (Lipinski definition) is 2. The number of alkyl halides is 3. The molecule has 0 aromatic heterocycles. The molecular weight excluding hydrogens is 245 g/mol. The summed E-state index contributed by atoms with van der Waals surface area (Å²) in [6.45, 7) is 5.72. The highest BCUT2D eigenvalue weighted by molar-refractivity contribution is 5.36. The molecule has 1 N–H and O–H groups in total. The maximum atomic E-state index is 12.6. The Balaban J connectivity index is 0.00000137. The smallest absolute Gasteiger partial charge is 0.418 e. The number of methoxy groups -OCH3 is 1. The second-order valence-electron chi connectivity index (χ2n) is 3.39. The number of halogens is 3. The molecule has 1 unspecified atom stereocenters. The second-order valence-corrected chi connectivity index (χ2v) is 3.39. The third-order valence-corrected chi connectivity index (χ3v) is 2.32. The number of phenolic OH excluding ortho intramolecular Hbond substituents is 1. The number of aromatic hydroxyl groups is 1. The van der Waals surface area contributed by atoms with E-state index in [1.807, 2.05) is 13.8 Å². The predicted octanol–water partition coefficient (Wildman–Crippen LogP) is 4.23. The van der Waals surface area contributed by atoms with Crippen molar-refractivity contribution in [3.63, 3.8) is 0 Å². The number of benzene rings is 1. The van der Waals surface area contributed by atoms with Crippen molar-refractivity contribution in [2.24, 2.45) is 0 Å². The number of phenols is 1. The van der Waals surface area contributed by atoms with Crippen LogP contribution in [0.1, 0.15) is 38.0 Å². The standard InChI is InChI=1S/C11H13F3O2.C2H6/c1-3-7-6-8(15)4-5-9(7)10(16-2)11(12,13)14;1-2/h4-6,10,15H,3H2,1-2H3;1-2H3. The van der Waals surface area contributed by atoms with Gasteiger partial charge in [-0.2, -0.15) is 13.2 Å². The molecule has 104 valence electrons. The molecule has 1 rings (SSSR count). The Bertz CT molecular complexity index is 362. The van der Waals surface area contributed by atoms with Gasteiger partial charge in [-0.1, -0.05) is 26.8 Å². The maximum absolute atomic E-state index is 12.6. The van der Waals surface area contributed by atoms with Gasteiger partial charge in [0.2, 0.25) is 0 Å². The highest BCUT2D eigenvalue weighted by Crippen LogP contribution is 2.37. The van der Waals surface area contributed by atoms with E-state index in [0.717, 1.165) is 7.11 Å². The minimum absolute atomic E-state index is 0.0439. The van der Waals surface area contributed by atoms with E-state index in [9.17, 15) is 18.3 Å². The SMILES string of the molecule is CC.CCc1cc(O)ccc1C(OC)C(F)(F)F. The van der Waals surface area contributed by atoms with Gasteiger partial charge in [0.1, 0.15) is 5.75 Å². The number of rotatable bonds is 3. The van der Waals surface area contributed by atoms with Crippen LogP contribution >= 0.6 is 0 Å². The van der Waals surface area contributed by atoms with Crippen LogP contribution in [0.4, 0.5) is 13.2 Å². The molecule has 1 atom stereocenters. The van der Waals surface area contributed by atoms with E-state index in [1.165, 1.54) is 18.2 Å². The van der Waals surface area contributed by atoms with Crippen LogP contribution in [-0.4, -0.2) is 18.4 Å². The van der Waals surface area contributed by atoms with Crippen LogP contribution in [0, 0.1) is 0 Å². The molecule has 18 heavy (non-hydrogen) atoms. The summed E-state index contributed by atoms with van der Waals surface area (Å²) in [6, 6.07) is 3.80. The molecule has 0 aliphatic rings. The first-order chi connectivity index (χ1) is 8.40. The van der Waals surface area contributed by atoms with Gasteiger partial charge in [0, 0.05) is 7.11 Å². The summed E-state index contributed by atoms with van der Waals surface area (Å²) < 4.78 is 42.4. The molecule has 0 aliphatic heterocycles. The van der Waals surface area contributed by atoms with Gasteiger partial charge >= 0.3 is 6.18 Å². The topological polar surface area (TPSA) is 29.5 Å². The van der Waals surface area contributed by atoms with Gasteiger partial charge in [0.15, 0.2) is 6.10 Å². The van der Waals surface area contributed by atoms with E-state index >= 15 is 0 Å². The third-order valence-electron chi connectivity index (χ3n) is 2.32. The van der Waals surface area contributed by atoms with Gasteiger partial charge < -0.3 is 9.84 Å². The fourth-order valence-electron chi connectivity index (χ4n) is 1.59. The van der Waals surface area contributed by atoms with E-state index in [0.29, 0.717) is 12.0 Å². The molecule has 0 fully saturated rings. The molecule has 0 aliphatic carbocycles. The van der Waals surface area contributed by atoms with Crippen molar-refractivity contribution in [1.29, 1.82) is 0 Å². The highest BCUT2D eigenvalue weighted by Gasteiger charge is 2.42. The Kier molecular flexibility index (Phi) is 6.76. The molecule has 0 saturated heterocycles. The summed E-state index contributed by atoms with van der Waals surface area (Å²) in [6.07, 6.45) is -5.99. The lowest BCUT2D eigenvalue weighted by molar-refractivity contribution is -0.216. The Morgan fingerprint density at radius 1 is 1.28 bits per heavy atom. The van der Waals surface area contributed by atoms with Gasteiger partial charge in [0.25, 0.3) is 0 Å². The Labute approximate surface area is 105 Å². The zero-order chi connectivity index (χ0) is 14.3. The van der Waals surface area contributed by atoms with Crippen LogP contribution in [0.25, 0.3) is 0 Å². The zero-order valence-electron chi connectivity index (χ0n) is 11.0. The Morgan fingerprint density at radius 3 is 2.22 bits per heavy atom. The Morgan fingerprint density at radius 2 is 1.83 bits per heavy atom. The first-order valence-electron chi connectivity index (χ1n) is 5.81. The fourth-order valence-corrected chi connectivity index (χ4v) is 1.59. The lowest BCUT2D eigenvalue weighted by Crippen LogP contribution is -2.23. The summed E-state index contributed by atoms with van der Waals surface area (Å²) in [5.41, 5.74) is 0.486. The first-order valence-corrected chi connectivity index (χ1v) is 5.81. The zero-order valence-corrected chi connectivity index (χ0v) is 11.0. The first kappa shape index (κ1) is 16.8. The molecule has 1 aromatic rings. The molecule has 0 radical (unpaired) electrons. The second kappa shape index (κ2) is 7.26. The van der Waals surface area contributed by atoms with E-state index in [1.54, 1.807) is 6.92 Å². The molecule has 0 amide bonds. The summed E-state index contributed by atoms with van der Waals surface area (Å²) in [5.74, 6) is -0.0439. The van der Waals surface area contributed by atoms with Crippen molar-refractivity contribution in [3.8, 4) is 5.75 Å². The van der Waals surface area contributed by atoms with Gasteiger partial charge in [-0.05, 0) is 29.7 Å². The molecule has 0 spiro atoms. The van der Waals surface area contributed by atoms with Gasteiger partial charge in [-0.3, -0.25) is 0 Å². The minimum atomic E-state index is -4.45. The van der Waals surface area contributed by atoms with Gasteiger partial charge in [-0.25, -0.2) is 0 Å². The Hall–Kier alpha value is -1.23. The number of ether oxygens (including phenoxy) is 1. The molecule has 5 heteroatoms. The summed E-state index contributed by atoms with van der Waals surface area (Å²) in [5, 5.41) is 9.20. The van der Waals surface area contributed by atoms with Gasteiger partial charge in [-0.15, -0.1) is 0 Å². The van der Waals surface area contributed by atoms with Crippen molar-refractivity contribution in [1.82, 2.24) is 0 Å². The van der Waals surface area contributed by atoms with Crippen molar-refractivity contribution in [2.75, 3.05) is 7.11 Å². The van der Waals surface area contributed by atoms with E-state index in [-0.39, 0.29) is 11.3 Å². The average molecular weight is 264 g/mol. The summed E-state index contributed by atoms with van der Waals surface area (Å²) >= 11 is 0. The molecule has 0 bridgehead atoms. The highest BCUT2D eigenvalue weighted by atomic mass is 19.4. The quantitative estimate of drug-likeness (QED) is 0.885. The van der Waals surface area contributed by atoms with Crippen LogP contribution in [0.3, 0.4) is 0 Å². The van der Waals surface area contributed by atoms with Crippen molar-refractivity contribution < 1.29 is 23.0 Å². The van der Waals surface area contributed by atoms with Crippen molar-refractivity contribution in [3.05, 3.63) is 29.3 Å². The number of aryl methyl sites for hydroxylation is 1. The molecular formula is C13H19F3O2. The summed E-state index contributed by atoms with van der Waals surface area (Å²) in [4.78, 5) is 0. The van der Waals surface area contributed by atoms with Crippen molar-refractivity contribution >= 4 is 0 Å². The van der Waals surface area contributed by atoms with Gasteiger partial charge in [0.05, 0.1) is 0 Å². The van der Waals surface area contributed by atoms with Crippen LogP contribution in [0.5, 0.6) is 5.75 Å². The van der Waals surface area contributed by atoms with E-state index < -0.39 is 12.3 Å². The minimum Gasteiger partial charge on any atom is -0.508 e. The largest absolute Gasteiger partial charge is 0.508 e. The van der Waals surface area contributed by atoms with Crippen LogP contribution in [0.2, 0.25) is 0 Å². The lowest BCUT2D eigenvalue weighted by Gasteiger charge is -2.21.